The molecular formula is C22H25F5O. The van der Waals surface area contributed by atoms with E-state index in [-0.39, 0.29) is 10.8 Å². The molecule has 0 aromatic heterocycles. The topological polar surface area (TPSA) is 9.23 Å². The van der Waals surface area contributed by atoms with Gasteiger partial charge in [-0.1, -0.05) is 63.6 Å². The summed E-state index contributed by atoms with van der Waals surface area (Å²) in [5.41, 5.74) is 0.937. The summed E-state index contributed by atoms with van der Waals surface area (Å²) in [4.78, 5) is 0. The molecule has 6 heteroatoms. The molecule has 0 spiro atoms. The maximum Gasteiger partial charge on any atom is 0.573 e. The van der Waals surface area contributed by atoms with E-state index in [1.54, 1.807) is 12.1 Å². The van der Waals surface area contributed by atoms with Gasteiger partial charge >= 0.3 is 6.36 Å². The Morgan fingerprint density at radius 1 is 0.964 bits per heavy atom. The molecule has 2 aromatic rings. The number of hydrogen-bond donors (Lipinski definition) is 0. The molecule has 0 heterocycles. The summed E-state index contributed by atoms with van der Waals surface area (Å²) in [6, 6.07) is 5.66. The summed E-state index contributed by atoms with van der Waals surface area (Å²) in [6.07, 6.45) is 4.19. The third kappa shape index (κ3) is 5.15. The Labute approximate surface area is 161 Å². The van der Waals surface area contributed by atoms with Crippen LogP contribution in [-0.2, 0) is 6.42 Å². The van der Waals surface area contributed by atoms with Crippen LogP contribution in [-0.4, -0.2) is 6.36 Å². The van der Waals surface area contributed by atoms with E-state index in [2.05, 4.69) is 11.7 Å². The minimum Gasteiger partial charge on any atom is -0.399 e. The van der Waals surface area contributed by atoms with Crippen molar-refractivity contribution >= 4 is 10.8 Å². The molecule has 2 aromatic carbocycles. The van der Waals surface area contributed by atoms with Gasteiger partial charge in [0.15, 0.2) is 11.6 Å². The summed E-state index contributed by atoms with van der Waals surface area (Å²) < 4.78 is 68.8. The van der Waals surface area contributed by atoms with Gasteiger partial charge in [0, 0.05) is 5.39 Å². The molecule has 1 saturated carbocycles. The SMILES string of the molecule is CCCC1CCC(CCc2ccc3c(F)c(OC(F)(F)F)c(F)cc3c2)CC1. The lowest BCUT2D eigenvalue weighted by Gasteiger charge is -2.28. The van der Waals surface area contributed by atoms with Crippen LogP contribution < -0.4 is 4.74 Å². The molecule has 0 saturated heterocycles. The number of benzene rings is 2. The van der Waals surface area contributed by atoms with Crippen LogP contribution in [0, 0.1) is 23.5 Å². The zero-order valence-electron chi connectivity index (χ0n) is 15.9. The molecule has 0 atom stereocenters. The Balaban J connectivity index is 1.68. The zero-order chi connectivity index (χ0) is 20.3. The fourth-order valence-corrected chi connectivity index (χ4v) is 4.31. The van der Waals surface area contributed by atoms with Crippen LogP contribution >= 0.6 is 0 Å². The third-order valence-electron chi connectivity index (χ3n) is 5.77. The highest BCUT2D eigenvalue weighted by Gasteiger charge is 2.34. The first-order valence-electron chi connectivity index (χ1n) is 9.93. The van der Waals surface area contributed by atoms with E-state index in [4.69, 9.17) is 0 Å². The van der Waals surface area contributed by atoms with Crippen molar-refractivity contribution in [3.63, 3.8) is 0 Å². The lowest BCUT2D eigenvalue weighted by Crippen LogP contribution is -2.19. The van der Waals surface area contributed by atoms with Crippen molar-refractivity contribution in [1.82, 2.24) is 0 Å². The Bertz CT molecular complexity index is 807. The number of rotatable bonds is 6. The number of fused-ring (bicyclic) bond motifs is 1. The summed E-state index contributed by atoms with van der Waals surface area (Å²) >= 11 is 0. The van der Waals surface area contributed by atoms with Crippen molar-refractivity contribution in [2.75, 3.05) is 0 Å². The first-order valence-corrected chi connectivity index (χ1v) is 9.93. The Kier molecular flexibility index (Phi) is 6.46. The Hall–Kier alpha value is -1.85. The van der Waals surface area contributed by atoms with E-state index < -0.39 is 23.7 Å². The molecule has 1 aliphatic carbocycles. The van der Waals surface area contributed by atoms with Gasteiger partial charge < -0.3 is 4.74 Å². The van der Waals surface area contributed by atoms with Crippen LogP contribution in [0.5, 0.6) is 5.75 Å². The van der Waals surface area contributed by atoms with Gasteiger partial charge in [0.05, 0.1) is 0 Å². The van der Waals surface area contributed by atoms with Crippen LogP contribution in [0.25, 0.3) is 10.8 Å². The minimum absolute atomic E-state index is 0.0792. The van der Waals surface area contributed by atoms with E-state index in [1.165, 1.54) is 44.6 Å². The second-order valence-electron chi connectivity index (χ2n) is 7.82. The van der Waals surface area contributed by atoms with Crippen molar-refractivity contribution in [1.29, 1.82) is 0 Å². The van der Waals surface area contributed by atoms with Gasteiger partial charge in [0.25, 0.3) is 0 Å². The Morgan fingerprint density at radius 2 is 1.61 bits per heavy atom. The quantitative estimate of drug-likeness (QED) is 0.455. The monoisotopic (exact) mass is 400 g/mol. The number of aryl methyl sites for hydroxylation is 1. The number of ether oxygens (including phenoxy) is 1. The first-order chi connectivity index (χ1) is 13.3. The van der Waals surface area contributed by atoms with Crippen LogP contribution in [0.3, 0.4) is 0 Å². The normalized spacial score (nSPS) is 20.5. The predicted octanol–water partition coefficient (Wildman–Crippen LogP) is 7.56. The van der Waals surface area contributed by atoms with Crippen molar-refractivity contribution in [2.24, 2.45) is 11.8 Å². The standard InChI is InChI=1S/C22H25F5O/c1-2-3-14-4-6-15(7-5-14)8-9-16-10-11-18-17(12-16)13-19(23)21(20(18)24)28-22(25,26)27/h10-15H,2-9H2,1H3. The van der Waals surface area contributed by atoms with Crippen LogP contribution in [0.15, 0.2) is 24.3 Å². The van der Waals surface area contributed by atoms with Crippen LogP contribution in [0.2, 0.25) is 0 Å². The van der Waals surface area contributed by atoms with Gasteiger partial charge in [-0.3, -0.25) is 0 Å². The highest BCUT2D eigenvalue weighted by molar-refractivity contribution is 5.85. The largest absolute Gasteiger partial charge is 0.573 e. The molecule has 0 aliphatic heterocycles. The molecule has 28 heavy (non-hydrogen) atoms. The van der Waals surface area contributed by atoms with Gasteiger partial charge in [0.2, 0.25) is 5.75 Å². The van der Waals surface area contributed by atoms with E-state index in [9.17, 15) is 22.0 Å². The smallest absolute Gasteiger partial charge is 0.399 e. The summed E-state index contributed by atoms with van der Waals surface area (Å²) in [6.45, 7) is 2.22. The number of alkyl halides is 3. The first kappa shape index (κ1) is 20.9. The molecule has 0 N–H and O–H groups in total. The average Bonchev–Trinajstić information content (AvgIpc) is 2.64. The predicted molar refractivity (Wildman–Crippen MR) is 99.2 cm³/mol. The van der Waals surface area contributed by atoms with E-state index in [0.29, 0.717) is 5.92 Å². The van der Waals surface area contributed by atoms with E-state index >= 15 is 0 Å². The van der Waals surface area contributed by atoms with E-state index in [0.717, 1.165) is 30.4 Å². The van der Waals surface area contributed by atoms with Crippen molar-refractivity contribution in [3.8, 4) is 5.75 Å². The molecule has 1 nitrogen and oxygen atoms in total. The lowest BCUT2D eigenvalue weighted by molar-refractivity contribution is -0.276. The lowest BCUT2D eigenvalue weighted by atomic mass is 9.78. The second kappa shape index (κ2) is 8.66. The second-order valence-corrected chi connectivity index (χ2v) is 7.82. The molecule has 0 radical (unpaired) electrons. The molecule has 0 unspecified atom stereocenters. The summed E-state index contributed by atoms with van der Waals surface area (Å²) in [5.74, 6) is -2.57. The van der Waals surface area contributed by atoms with Crippen LogP contribution in [0.4, 0.5) is 22.0 Å². The van der Waals surface area contributed by atoms with Crippen molar-refractivity contribution < 1.29 is 26.7 Å². The fourth-order valence-electron chi connectivity index (χ4n) is 4.31. The minimum atomic E-state index is -5.15. The highest BCUT2D eigenvalue weighted by atomic mass is 19.4. The van der Waals surface area contributed by atoms with Gasteiger partial charge in [0.1, 0.15) is 0 Å². The van der Waals surface area contributed by atoms with E-state index in [1.807, 2.05) is 0 Å². The van der Waals surface area contributed by atoms with Crippen molar-refractivity contribution in [2.45, 2.75) is 64.7 Å². The number of halogens is 5. The third-order valence-corrected chi connectivity index (χ3v) is 5.77. The summed E-state index contributed by atoms with van der Waals surface area (Å²) in [5, 5.41) is 0.165. The zero-order valence-corrected chi connectivity index (χ0v) is 15.9. The van der Waals surface area contributed by atoms with Gasteiger partial charge in [-0.05, 0) is 41.7 Å². The summed E-state index contributed by atoms with van der Waals surface area (Å²) in [7, 11) is 0. The van der Waals surface area contributed by atoms with Crippen LogP contribution in [0.1, 0.15) is 57.4 Å². The van der Waals surface area contributed by atoms with Gasteiger partial charge in [-0.2, -0.15) is 0 Å². The molecule has 3 rings (SSSR count). The number of hydrogen-bond acceptors (Lipinski definition) is 1. The molecule has 0 bridgehead atoms. The van der Waals surface area contributed by atoms with Gasteiger partial charge in [-0.25, -0.2) is 8.78 Å². The highest BCUT2D eigenvalue weighted by Crippen LogP contribution is 2.36. The maximum atomic E-state index is 14.3. The van der Waals surface area contributed by atoms with Crippen molar-refractivity contribution in [3.05, 3.63) is 41.5 Å². The van der Waals surface area contributed by atoms with Gasteiger partial charge in [-0.15, -0.1) is 13.2 Å². The maximum absolute atomic E-state index is 14.3. The fraction of sp³-hybridized carbons (Fsp3) is 0.545. The molecule has 0 amide bonds. The molecular weight excluding hydrogens is 375 g/mol. The molecule has 154 valence electrons. The molecule has 1 fully saturated rings. The average molecular weight is 400 g/mol. The molecule has 1 aliphatic rings. The Morgan fingerprint density at radius 3 is 2.21 bits per heavy atom.